The lowest BCUT2D eigenvalue weighted by Crippen LogP contribution is -2.27. The van der Waals surface area contributed by atoms with Crippen molar-refractivity contribution in [1.82, 2.24) is 5.32 Å². The summed E-state index contributed by atoms with van der Waals surface area (Å²) in [7, 11) is 0. The maximum Gasteiger partial charge on any atom is 0.291 e. The molecule has 0 bridgehead atoms. The Kier molecular flexibility index (Phi) is 5.82. The van der Waals surface area contributed by atoms with Gasteiger partial charge in [-0.15, -0.1) is 0 Å². The fourth-order valence-electron chi connectivity index (χ4n) is 3.10. The quantitative estimate of drug-likeness (QED) is 0.591. The van der Waals surface area contributed by atoms with Crippen molar-refractivity contribution in [3.8, 4) is 5.75 Å². The van der Waals surface area contributed by atoms with Gasteiger partial charge < -0.3 is 15.4 Å². The summed E-state index contributed by atoms with van der Waals surface area (Å²) in [6, 6.07) is 22.1. The molecule has 5 nitrogen and oxygen atoms in total. The summed E-state index contributed by atoms with van der Waals surface area (Å²) in [5.41, 5.74) is 2.74. The monoisotopic (exact) mass is 418 g/mol. The fourth-order valence-corrected chi connectivity index (χ4v) is 3.29. The number of carbonyl (C=O) groups excluding carboxylic acids is 2. The van der Waals surface area contributed by atoms with Gasteiger partial charge in [0.2, 0.25) is 0 Å². The minimum Gasteiger partial charge on any atom is -0.449 e. The van der Waals surface area contributed by atoms with E-state index in [0.29, 0.717) is 34.1 Å². The summed E-state index contributed by atoms with van der Waals surface area (Å²) in [5, 5.41) is 6.19. The Morgan fingerprint density at radius 2 is 1.80 bits per heavy atom. The molecule has 1 aliphatic heterocycles. The molecule has 0 atom stereocenters. The van der Waals surface area contributed by atoms with Crippen LogP contribution in [0.1, 0.15) is 21.5 Å². The third kappa shape index (κ3) is 4.53. The molecule has 3 aromatic carbocycles. The van der Waals surface area contributed by atoms with E-state index in [4.69, 9.17) is 16.3 Å². The first-order valence-electron chi connectivity index (χ1n) is 9.52. The van der Waals surface area contributed by atoms with E-state index in [9.17, 15) is 9.59 Å². The van der Waals surface area contributed by atoms with Crippen LogP contribution in [0.5, 0.6) is 5.75 Å². The number of fused-ring (bicyclic) bond motifs is 1. The Morgan fingerprint density at radius 1 is 1.03 bits per heavy atom. The second-order valence-corrected chi connectivity index (χ2v) is 7.20. The summed E-state index contributed by atoms with van der Waals surface area (Å²) in [5.74, 6) is -0.00570. The van der Waals surface area contributed by atoms with Crippen LogP contribution in [0, 0.1) is 0 Å². The van der Waals surface area contributed by atoms with E-state index in [1.807, 2.05) is 42.5 Å². The third-order valence-corrected chi connectivity index (χ3v) is 5.01. The molecule has 1 aliphatic rings. The van der Waals surface area contributed by atoms with Crippen molar-refractivity contribution in [3.05, 3.63) is 100 Å². The lowest BCUT2D eigenvalue weighted by Gasteiger charge is -2.20. The second kappa shape index (κ2) is 8.84. The maximum absolute atomic E-state index is 12.5. The number of anilines is 1. The van der Waals surface area contributed by atoms with Crippen molar-refractivity contribution < 1.29 is 14.3 Å². The molecule has 0 unspecified atom stereocenters. The number of benzene rings is 3. The largest absolute Gasteiger partial charge is 0.449 e. The fraction of sp³-hybridized carbons (Fsp3) is 0.0833. The first-order chi connectivity index (χ1) is 14.6. The van der Waals surface area contributed by atoms with Crippen molar-refractivity contribution in [2.75, 3.05) is 11.9 Å². The number of carbonyl (C=O) groups is 2. The van der Waals surface area contributed by atoms with E-state index in [1.165, 1.54) is 0 Å². The minimum atomic E-state index is -0.399. The highest BCUT2D eigenvalue weighted by atomic mass is 35.5. The summed E-state index contributed by atoms with van der Waals surface area (Å²) in [4.78, 5) is 24.9. The number of amides is 2. The molecule has 0 saturated heterocycles. The zero-order chi connectivity index (χ0) is 20.9. The molecule has 2 amide bonds. The van der Waals surface area contributed by atoms with Gasteiger partial charge in [-0.05, 0) is 47.9 Å². The van der Waals surface area contributed by atoms with Gasteiger partial charge in [0, 0.05) is 17.1 Å². The number of halogens is 1. The van der Waals surface area contributed by atoms with Crippen LogP contribution in [0.3, 0.4) is 0 Å². The first-order valence-corrected chi connectivity index (χ1v) is 9.89. The highest BCUT2D eigenvalue weighted by molar-refractivity contribution is 6.32. The number of nitrogens with one attached hydrogen (secondary N) is 2. The van der Waals surface area contributed by atoms with Gasteiger partial charge in [-0.2, -0.15) is 0 Å². The van der Waals surface area contributed by atoms with Crippen molar-refractivity contribution in [2.24, 2.45) is 0 Å². The number of hydrogen-bond donors (Lipinski definition) is 2. The minimum absolute atomic E-state index is 0.135. The van der Waals surface area contributed by atoms with Gasteiger partial charge in [0.25, 0.3) is 11.8 Å². The van der Waals surface area contributed by atoms with Crippen LogP contribution in [-0.2, 0) is 11.2 Å². The average molecular weight is 419 g/mol. The molecule has 0 spiro atoms. The third-order valence-electron chi connectivity index (χ3n) is 4.67. The maximum atomic E-state index is 12.5. The van der Waals surface area contributed by atoms with E-state index in [1.54, 1.807) is 36.4 Å². The summed E-state index contributed by atoms with van der Waals surface area (Å²) >= 11 is 6.15. The van der Waals surface area contributed by atoms with E-state index < -0.39 is 5.91 Å². The molecule has 1 heterocycles. The molecule has 4 rings (SSSR count). The molecule has 0 fully saturated rings. The zero-order valence-electron chi connectivity index (χ0n) is 16.0. The SMILES string of the molecule is O=C1Nc2cc(C(=O)NCCc3ccccc3)ccc2O/C1=C\c1ccccc1Cl. The van der Waals surface area contributed by atoms with E-state index >= 15 is 0 Å². The smallest absolute Gasteiger partial charge is 0.291 e. The van der Waals surface area contributed by atoms with E-state index in [-0.39, 0.29) is 11.7 Å². The highest BCUT2D eigenvalue weighted by Crippen LogP contribution is 2.33. The van der Waals surface area contributed by atoms with E-state index in [0.717, 1.165) is 12.0 Å². The Balaban J connectivity index is 1.44. The lowest BCUT2D eigenvalue weighted by atomic mass is 10.1. The second-order valence-electron chi connectivity index (χ2n) is 6.79. The Hall–Kier alpha value is -3.57. The molecule has 0 aliphatic carbocycles. The van der Waals surface area contributed by atoms with E-state index in [2.05, 4.69) is 10.6 Å². The van der Waals surface area contributed by atoms with Crippen LogP contribution in [0.4, 0.5) is 5.69 Å². The molecule has 0 saturated carbocycles. The molecule has 6 heteroatoms. The highest BCUT2D eigenvalue weighted by Gasteiger charge is 2.23. The van der Waals surface area contributed by atoms with Crippen LogP contribution >= 0.6 is 11.6 Å². The molecule has 0 radical (unpaired) electrons. The van der Waals surface area contributed by atoms with Gasteiger partial charge in [0.05, 0.1) is 5.69 Å². The Morgan fingerprint density at radius 3 is 2.60 bits per heavy atom. The summed E-state index contributed by atoms with van der Waals surface area (Å²) in [6.07, 6.45) is 2.33. The van der Waals surface area contributed by atoms with Gasteiger partial charge in [-0.1, -0.05) is 60.1 Å². The van der Waals surface area contributed by atoms with Gasteiger partial charge in [-0.25, -0.2) is 0 Å². The Bertz CT molecular complexity index is 1130. The van der Waals surface area contributed by atoms with Crippen LogP contribution in [-0.4, -0.2) is 18.4 Å². The van der Waals surface area contributed by atoms with Crippen LogP contribution in [0.25, 0.3) is 6.08 Å². The van der Waals surface area contributed by atoms with Crippen molar-refractivity contribution in [3.63, 3.8) is 0 Å². The Labute approximate surface area is 179 Å². The van der Waals surface area contributed by atoms with Crippen molar-refractivity contribution >= 4 is 35.2 Å². The van der Waals surface area contributed by atoms with Crippen LogP contribution < -0.4 is 15.4 Å². The summed E-state index contributed by atoms with van der Waals surface area (Å²) in [6.45, 7) is 0.521. The predicted octanol–water partition coefficient (Wildman–Crippen LogP) is 4.68. The molecular formula is C24H19ClN2O3. The standard InChI is InChI=1S/C24H19ClN2O3/c25-19-9-5-4-8-17(19)15-22-24(29)27-20-14-18(10-11-21(20)30-22)23(28)26-13-12-16-6-2-1-3-7-16/h1-11,14-15H,12-13H2,(H,26,28)(H,27,29)/b22-15-. The molecule has 2 N–H and O–H groups in total. The van der Waals surface area contributed by atoms with Crippen molar-refractivity contribution in [1.29, 1.82) is 0 Å². The van der Waals surface area contributed by atoms with Gasteiger partial charge in [-0.3, -0.25) is 9.59 Å². The number of ether oxygens (including phenoxy) is 1. The number of hydrogen-bond acceptors (Lipinski definition) is 3. The predicted molar refractivity (Wildman–Crippen MR) is 118 cm³/mol. The number of rotatable bonds is 5. The molecule has 30 heavy (non-hydrogen) atoms. The van der Waals surface area contributed by atoms with Crippen LogP contribution in [0.15, 0.2) is 78.6 Å². The van der Waals surface area contributed by atoms with Gasteiger partial charge >= 0.3 is 0 Å². The topological polar surface area (TPSA) is 67.4 Å². The van der Waals surface area contributed by atoms with Gasteiger partial charge in [0.1, 0.15) is 0 Å². The van der Waals surface area contributed by atoms with Gasteiger partial charge in [0.15, 0.2) is 11.5 Å². The summed E-state index contributed by atoms with van der Waals surface area (Å²) < 4.78 is 5.74. The normalized spacial score (nSPS) is 13.9. The molecular weight excluding hydrogens is 400 g/mol. The zero-order valence-corrected chi connectivity index (χ0v) is 16.8. The van der Waals surface area contributed by atoms with Crippen molar-refractivity contribution in [2.45, 2.75) is 6.42 Å². The lowest BCUT2D eigenvalue weighted by molar-refractivity contribution is -0.115. The average Bonchev–Trinajstić information content (AvgIpc) is 2.76. The van der Waals surface area contributed by atoms with Crippen LogP contribution in [0.2, 0.25) is 5.02 Å². The first kappa shape index (κ1) is 19.7. The molecule has 150 valence electrons. The molecule has 3 aromatic rings. The molecule has 0 aromatic heterocycles.